The van der Waals surface area contributed by atoms with Crippen molar-refractivity contribution in [2.45, 2.75) is 58.3 Å². The lowest BCUT2D eigenvalue weighted by molar-refractivity contribution is 0.0733. The lowest BCUT2D eigenvalue weighted by Gasteiger charge is -2.38. The minimum atomic E-state index is 0.579. The lowest BCUT2D eigenvalue weighted by Crippen LogP contribution is -2.46. The van der Waals surface area contributed by atoms with Gasteiger partial charge in [0.2, 0.25) is 0 Å². The number of hydrogen-bond acceptors (Lipinski definition) is 3. The van der Waals surface area contributed by atoms with Crippen molar-refractivity contribution < 1.29 is 4.74 Å². The van der Waals surface area contributed by atoms with Crippen molar-refractivity contribution in [3.8, 4) is 5.75 Å². The average Bonchev–Trinajstić information content (AvgIpc) is 2.92. The number of benzene rings is 1. The number of piperidine rings is 1. The summed E-state index contributed by atoms with van der Waals surface area (Å²) < 4.78 is 6.08. The molecular weight excluding hydrogens is 248 g/mol. The smallest absolute Gasteiger partial charge is 0.119 e. The Balaban J connectivity index is 1.60. The molecule has 2 heterocycles. The summed E-state index contributed by atoms with van der Waals surface area (Å²) in [6.07, 6.45) is 3.94. The molecule has 1 aromatic carbocycles. The van der Waals surface area contributed by atoms with Gasteiger partial charge in [-0.25, -0.2) is 0 Å². The molecule has 0 aliphatic carbocycles. The van der Waals surface area contributed by atoms with Crippen molar-refractivity contribution >= 4 is 0 Å². The normalized spacial score (nSPS) is 23.1. The van der Waals surface area contributed by atoms with Crippen LogP contribution in [0.15, 0.2) is 18.2 Å². The third kappa shape index (κ3) is 2.99. The molecule has 2 aliphatic heterocycles. The number of likely N-dealkylation sites (tertiary alicyclic amines) is 1. The van der Waals surface area contributed by atoms with E-state index in [2.05, 4.69) is 42.3 Å². The van der Waals surface area contributed by atoms with Crippen molar-refractivity contribution in [2.75, 3.05) is 13.2 Å². The highest BCUT2D eigenvalue weighted by Gasteiger charge is 2.25. The van der Waals surface area contributed by atoms with E-state index < -0.39 is 0 Å². The highest BCUT2D eigenvalue weighted by atomic mass is 16.5. The zero-order valence-electron chi connectivity index (χ0n) is 12.7. The summed E-state index contributed by atoms with van der Waals surface area (Å²) in [6, 6.07) is 7.72. The van der Waals surface area contributed by atoms with Crippen LogP contribution in [0.3, 0.4) is 0 Å². The first-order valence-electron chi connectivity index (χ1n) is 7.95. The van der Waals surface area contributed by atoms with Crippen LogP contribution in [-0.4, -0.2) is 30.1 Å². The van der Waals surface area contributed by atoms with E-state index in [1.165, 1.54) is 36.9 Å². The molecule has 3 rings (SSSR count). The van der Waals surface area contributed by atoms with Gasteiger partial charge in [0.05, 0.1) is 0 Å². The Morgan fingerprint density at radius 2 is 2.10 bits per heavy atom. The Morgan fingerprint density at radius 3 is 2.95 bits per heavy atom. The largest absolute Gasteiger partial charge is 0.492 e. The molecule has 1 N–H and O–H groups in total. The first kappa shape index (κ1) is 13.9. The molecule has 0 spiro atoms. The maximum atomic E-state index is 6.08. The molecule has 3 heteroatoms. The predicted octanol–water partition coefficient (Wildman–Crippen LogP) is 2.93. The zero-order chi connectivity index (χ0) is 13.9. The number of rotatable bonds is 4. The van der Waals surface area contributed by atoms with Crippen LogP contribution in [0.25, 0.3) is 0 Å². The summed E-state index contributed by atoms with van der Waals surface area (Å²) in [7, 11) is 0. The fourth-order valence-corrected chi connectivity index (χ4v) is 3.43. The van der Waals surface area contributed by atoms with Gasteiger partial charge in [-0.05, 0) is 56.5 Å². The van der Waals surface area contributed by atoms with Gasteiger partial charge < -0.3 is 10.1 Å². The summed E-state index contributed by atoms with van der Waals surface area (Å²) in [5, 5.41) is 3.38. The highest BCUT2D eigenvalue weighted by Crippen LogP contribution is 2.24. The van der Waals surface area contributed by atoms with E-state index in [9.17, 15) is 0 Å². The van der Waals surface area contributed by atoms with Gasteiger partial charge in [-0.3, -0.25) is 4.90 Å². The molecule has 2 aliphatic rings. The number of nitrogens with zero attached hydrogens (tertiary/aromatic N) is 1. The van der Waals surface area contributed by atoms with E-state index in [-0.39, 0.29) is 0 Å². The molecule has 0 radical (unpaired) electrons. The molecule has 0 bridgehead atoms. The number of fused-ring (bicyclic) bond motifs is 1. The second kappa shape index (κ2) is 6.15. The van der Waals surface area contributed by atoms with Gasteiger partial charge in [-0.2, -0.15) is 0 Å². The molecule has 0 saturated carbocycles. The molecule has 1 aromatic rings. The second-order valence-corrected chi connectivity index (χ2v) is 6.33. The van der Waals surface area contributed by atoms with Crippen molar-refractivity contribution in [2.24, 2.45) is 0 Å². The van der Waals surface area contributed by atoms with Crippen LogP contribution in [0.1, 0.15) is 44.2 Å². The molecule has 0 aromatic heterocycles. The standard InChI is InChI=1S/C17H26N2O/c1-13(2)19-8-4-3-5-16(19)12-20-17-7-6-14-10-18-11-15(14)9-17/h6-7,9,13,16,18H,3-5,8,10-12H2,1-2H3. The fraction of sp³-hybridized carbons (Fsp3) is 0.647. The first-order valence-corrected chi connectivity index (χ1v) is 7.95. The van der Waals surface area contributed by atoms with E-state index in [4.69, 9.17) is 4.74 Å². The Kier molecular flexibility index (Phi) is 4.27. The Hall–Kier alpha value is -1.06. The molecule has 1 unspecified atom stereocenters. The monoisotopic (exact) mass is 274 g/mol. The van der Waals surface area contributed by atoms with Crippen molar-refractivity contribution in [3.63, 3.8) is 0 Å². The summed E-state index contributed by atoms with van der Waals surface area (Å²) in [4.78, 5) is 2.60. The summed E-state index contributed by atoms with van der Waals surface area (Å²) in [6.45, 7) is 8.61. The average molecular weight is 274 g/mol. The van der Waals surface area contributed by atoms with E-state index in [1.54, 1.807) is 0 Å². The molecule has 3 nitrogen and oxygen atoms in total. The first-order chi connectivity index (χ1) is 9.74. The molecule has 1 fully saturated rings. The van der Waals surface area contributed by atoms with Crippen molar-refractivity contribution in [1.82, 2.24) is 10.2 Å². The molecule has 1 atom stereocenters. The topological polar surface area (TPSA) is 24.5 Å². The van der Waals surface area contributed by atoms with Crippen LogP contribution >= 0.6 is 0 Å². The van der Waals surface area contributed by atoms with Crippen LogP contribution in [0.4, 0.5) is 0 Å². The van der Waals surface area contributed by atoms with E-state index >= 15 is 0 Å². The number of nitrogens with one attached hydrogen (secondary N) is 1. The van der Waals surface area contributed by atoms with Gasteiger partial charge in [0.25, 0.3) is 0 Å². The Labute approximate surface area is 122 Å². The van der Waals surface area contributed by atoms with Gasteiger partial charge in [-0.1, -0.05) is 12.5 Å². The van der Waals surface area contributed by atoms with Gasteiger partial charge in [0, 0.05) is 25.2 Å². The maximum absolute atomic E-state index is 6.08. The number of ether oxygens (including phenoxy) is 1. The zero-order valence-corrected chi connectivity index (χ0v) is 12.7. The molecular formula is C17H26N2O. The molecule has 0 amide bonds. The van der Waals surface area contributed by atoms with Gasteiger partial charge in [0.15, 0.2) is 0 Å². The lowest BCUT2D eigenvalue weighted by atomic mass is 10.0. The minimum Gasteiger partial charge on any atom is -0.492 e. The van der Waals surface area contributed by atoms with Crippen LogP contribution in [0, 0.1) is 0 Å². The van der Waals surface area contributed by atoms with Gasteiger partial charge >= 0.3 is 0 Å². The van der Waals surface area contributed by atoms with Crippen LogP contribution in [-0.2, 0) is 13.1 Å². The minimum absolute atomic E-state index is 0.579. The van der Waals surface area contributed by atoms with Crippen LogP contribution in [0.5, 0.6) is 5.75 Å². The third-order valence-electron chi connectivity index (χ3n) is 4.59. The predicted molar refractivity (Wildman–Crippen MR) is 82.0 cm³/mol. The molecule has 1 saturated heterocycles. The Bertz CT molecular complexity index is 458. The van der Waals surface area contributed by atoms with Gasteiger partial charge in [0.1, 0.15) is 12.4 Å². The Morgan fingerprint density at radius 1 is 1.25 bits per heavy atom. The third-order valence-corrected chi connectivity index (χ3v) is 4.59. The van der Waals surface area contributed by atoms with Crippen molar-refractivity contribution in [1.29, 1.82) is 0 Å². The number of hydrogen-bond donors (Lipinski definition) is 1. The highest BCUT2D eigenvalue weighted by molar-refractivity contribution is 5.37. The summed E-state index contributed by atoms with van der Waals surface area (Å²) in [5.41, 5.74) is 2.81. The fourth-order valence-electron chi connectivity index (χ4n) is 3.43. The van der Waals surface area contributed by atoms with E-state index in [0.29, 0.717) is 12.1 Å². The molecule has 110 valence electrons. The molecule has 20 heavy (non-hydrogen) atoms. The maximum Gasteiger partial charge on any atom is 0.119 e. The SMILES string of the molecule is CC(C)N1CCCCC1COc1ccc2c(c1)CNC2. The second-order valence-electron chi connectivity index (χ2n) is 6.33. The van der Waals surface area contributed by atoms with Crippen molar-refractivity contribution in [3.05, 3.63) is 29.3 Å². The quantitative estimate of drug-likeness (QED) is 0.913. The van der Waals surface area contributed by atoms with E-state index in [0.717, 1.165) is 25.4 Å². The summed E-state index contributed by atoms with van der Waals surface area (Å²) in [5.74, 6) is 1.03. The van der Waals surface area contributed by atoms with Crippen LogP contribution < -0.4 is 10.1 Å². The summed E-state index contributed by atoms with van der Waals surface area (Å²) >= 11 is 0. The van der Waals surface area contributed by atoms with Crippen LogP contribution in [0.2, 0.25) is 0 Å². The van der Waals surface area contributed by atoms with Gasteiger partial charge in [-0.15, -0.1) is 0 Å². The van der Waals surface area contributed by atoms with E-state index in [1.807, 2.05) is 0 Å².